The number of nitrogens with one attached hydrogen (secondary N) is 1. The van der Waals surface area contributed by atoms with Gasteiger partial charge in [-0.2, -0.15) is 13.2 Å². The first-order chi connectivity index (χ1) is 12.4. The highest BCUT2D eigenvalue weighted by molar-refractivity contribution is 5.74. The van der Waals surface area contributed by atoms with Crippen molar-refractivity contribution >= 4 is 12.0 Å². The zero-order valence-corrected chi connectivity index (χ0v) is 13.9. The van der Waals surface area contributed by atoms with Crippen molar-refractivity contribution in [2.45, 2.75) is 12.7 Å². The molecule has 0 unspecified atom stereocenters. The van der Waals surface area contributed by atoms with Gasteiger partial charge >= 0.3 is 12.2 Å². The van der Waals surface area contributed by atoms with Crippen LogP contribution in [0.25, 0.3) is 0 Å². The Hall–Kier alpha value is -2.84. The third-order valence-corrected chi connectivity index (χ3v) is 4.10. The molecule has 138 valence electrons. The van der Waals surface area contributed by atoms with Gasteiger partial charge in [-0.15, -0.1) is 0 Å². The molecule has 2 amide bonds. The fourth-order valence-electron chi connectivity index (χ4n) is 2.71. The average molecular weight is 365 g/mol. The van der Waals surface area contributed by atoms with Crippen LogP contribution in [0.2, 0.25) is 0 Å². The number of alkyl halides is 3. The molecule has 1 saturated heterocycles. The first kappa shape index (κ1) is 18.0. The Bertz CT molecular complexity index is 746. The van der Waals surface area contributed by atoms with Gasteiger partial charge in [0.15, 0.2) is 0 Å². The van der Waals surface area contributed by atoms with Crippen molar-refractivity contribution in [2.75, 3.05) is 31.1 Å². The molecule has 1 aromatic heterocycles. The number of nitrogens with zero attached hydrogens (tertiary/aromatic N) is 4. The van der Waals surface area contributed by atoms with Crippen molar-refractivity contribution in [3.63, 3.8) is 0 Å². The van der Waals surface area contributed by atoms with Crippen LogP contribution >= 0.6 is 0 Å². The SMILES string of the molecule is O=C(NCc1cccc(C(F)(F)F)c1)N1CCN(c2ncccn2)CC1. The number of aromatic nitrogens is 2. The number of benzene rings is 1. The van der Waals surface area contributed by atoms with Crippen molar-refractivity contribution in [2.24, 2.45) is 0 Å². The molecule has 0 spiro atoms. The standard InChI is InChI=1S/C17H18F3N5O/c18-17(19,20)14-4-1-3-13(11-14)12-23-16(26)25-9-7-24(8-10-25)15-21-5-2-6-22-15/h1-6,11H,7-10,12H2,(H,23,26). The average Bonchev–Trinajstić information content (AvgIpc) is 2.66. The quantitative estimate of drug-likeness (QED) is 0.908. The number of hydrogen-bond donors (Lipinski definition) is 1. The summed E-state index contributed by atoms with van der Waals surface area (Å²) in [5.74, 6) is 0.622. The monoisotopic (exact) mass is 365 g/mol. The summed E-state index contributed by atoms with van der Waals surface area (Å²) >= 11 is 0. The number of urea groups is 1. The van der Waals surface area contributed by atoms with Crippen LogP contribution in [-0.2, 0) is 12.7 Å². The Morgan fingerprint density at radius 3 is 2.42 bits per heavy atom. The second-order valence-corrected chi connectivity index (χ2v) is 5.88. The van der Waals surface area contributed by atoms with Gasteiger partial charge in [0.2, 0.25) is 5.95 Å². The zero-order chi connectivity index (χ0) is 18.6. The Morgan fingerprint density at radius 2 is 1.77 bits per heavy atom. The number of halogens is 3. The molecule has 0 bridgehead atoms. The lowest BCUT2D eigenvalue weighted by molar-refractivity contribution is -0.137. The fraction of sp³-hybridized carbons (Fsp3) is 0.353. The van der Waals surface area contributed by atoms with E-state index < -0.39 is 11.7 Å². The molecule has 0 radical (unpaired) electrons. The lowest BCUT2D eigenvalue weighted by Crippen LogP contribution is -2.52. The van der Waals surface area contributed by atoms with E-state index in [1.165, 1.54) is 6.07 Å². The van der Waals surface area contributed by atoms with E-state index in [0.29, 0.717) is 37.7 Å². The molecule has 1 aliphatic heterocycles. The number of piperazine rings is 1. The topological polar surface area (TPSA) is 61.4 Å². The molecule has 1 N–H and O–H groups in total. The molecule has 0 aliphatic carbocycles. The zero-order valence-electron chi connectivity index (χ0n) is 13.9. The number of carbonyl (C=O) groups excluding carboxylic acids is 1. The van der Waals surface area contributed by atoms with Crippen molar-refractivity contribution in [1.82, 2.24) is 20.2 Å². The second kappa shape index (κ2) is 7.59. The maximum absolute atomic E-state index is 12.7. The van der Waals surface area contributed by atoms with E-state index in [0.717, 1.165) is 12.1 Å². The van der Waals surface area contributed by atoms with E-state index in [-0.39, 0.29) is 12.6 Å². The van der Waals surface area contributed by atoms with E-state index >= 15 is 0 Å². The van der Waals surface area contributed by atoms with E-state index in [9.17, 15) is 18.0 Å². The van der Waals surface area contributed by atoms with E-state index in [1.54, 1.807) is 29.4 Å². The Morgan fingerprint density at radius 1 is 1.08 bits per heavy atom. The van der Waals surface area contributed by atoms with Crippen LogP contribution in [0, 0.1) is 0 Å². The highest BCUT2D eigenvalue weighted by Crippen LogP contribution is 2.29. The molecular formula is C17H18F3N5O. The summed E-state index contributed by atoms with van der Waals surface area (Å²) < 4.78 is 38.2. The fourth-order valence-corrected chi connectivity index (χ4v) is 2.71. The third kappa shape index (κ3) is 4.41. The summed E-state index contributed by atoms with van der Waals surface area (Å²) in [5, 5.41) is 2.67. The van der Waals surface area contributed by atoms with Gasteiger partial charge in [-0.05, 0) is 23.8 Å². The molecule has 2 aromatic rings. The molecule has 2 heterocycles. The molecule has 1 fully saturated rings. The van der Waals surface area contributed by atoms with E-state index in [4.69, 9.17) is 0 Å². The van der Waals surface area contributed by atoms with Crippen LogP contribution in [0.4, 0.5) is 23.9 Å². The molecule has 6 nitrogen and oxygen atoms in total. The number of carbonyl (C=O) groups is 1. The minimum absolute atomic E-state index is 0.0464. The van der Waals surface area contributed by atoms with Gasteiger partial charge < -0.3 is 15.1 Å². The summed E-state index contributed by atoms with van der Waals surface area (Å²) in [6.07, 6.45) is -1.07. The molecule has 0 atom stereocenters. The van der Waals surface area contributed by atoms with Crippen LogP contribution in [0.5, 0.6) is 0 Å². The molecule has 26 heavy (non-hydrogen) atoms. The molecule has 0 saturated carbocycles. The van der Waals surface area contributed by atoms with E-state index in [1.807, 2.05) is 4.90 Å². The van der Waals surface area contributed by atoms with Crippen LogP contribution in [0.3, 0.4) is 0 Å². The Labute approximate surface area is 148 Å². The second-order valence-electron chi connectivity index (χ2n) is 5.88. The predicted octanol–water partition coefficient (Wildman–Crippen LogP) is 2.53. The summed E-state index contributed by atoms with van der Waals surface area (Å²) in [6.45, 7) is 2.23. The molecular weight excluding hydrogens is 347 g/mol. The van der Waals surface area contributed by atoms with Gasteiger partial charge in [-0.1, -0.05) is 12.1 Å². The number of rotatable bonds is 3. The van der Waals surface area contributed by atoms with Gasteiger partial charge in [-0.3, -0.25) is 0 Å². The highest BCUT2D eigenvalue weighted by Gasteiger charge is 2.30. The summed E-state index contributed by atoms with van der Waals surface area (Å²) in [7, 11) is 0. The number of hydrogen-bond acceptors (Lipinski definition) is 4. The molecule has 3 rings (SSSR count). The first-order valence-corrected chi connectivity index (χ1v) is 8.14. The van der Waals surface area contributed by atoms with Crippen LogP contribution in [0.15, 0.2) is 42.7 Å². The molecule has 1 aromatic carbocycles. The van der Waals surface area contributed by atoms with Crippen molar-refractivity contribution in [1.29, 1.82) is 0 Å². The molecule has 9 heteroatoms. The van der Waals surface area contributed by atoms with E-state index in [2.05, 4.69) is 15.3 Å². The lowest BCUT2D eigenvalue weighted by atomic mass is 10.1. The van der Waals surface area contributed by atoms with Crippen LogP contribution < -0.4 is 10.2 Å². The lowest BCUT2D eigenvalue weighted by Gasteiger charge is -2.34. The normalized spacial score (nSPS) is 15.0. The largest absolute Gasteiger partial charge is 0.416 e. The summed E-state index contributed by atoms with van der Waals surface area (Å²) in [4.78, 5) is 24.2. The van der Waals surface area contributed by atoms with Crippen LogP contribution in [0.1, 0.15) is 11.1 Å². The minimum Gasteiger partial charge on any atom is -0.337 e. The van der Waals surface area contributed by atoms with Gasteiger partial charge in [-0.25, -0.2) is 14.8 Å². The molecule has 1 aliphatic rings. The number of anilines is 1. The maximum Gasteiger partial charge on any atom is 0.416 e. The third-order valence-electron chi connectivity index (χ3n) is 4.10. The summed E-state index contributed by atoms with van der Waals surface area (Å²) in [5.41, 5.74) is -0.315. The van der Waals surface area contributed by atoms with Crippen molar-refractivity contribution in [3.05, 3.63) is 53.9 Å². The smallest absolute Gasteiger partial charge is 0.337 e. The predicted molar refractivity (Wildman–Crippen MR) is 89.5 cm³/mol. The number of amides is 2. The van der Waals surface area contributed by atoms with Gasteiger partial charge in [0.1, 0.15) is 0 Å². The van der Waals surface area contributed by atoms with Crippen molar-refractivity contribution in [3.8, 4) is 0 Å². The summed E-state index contributed by atoms with van der Waals surface area (Å²) in [6, 6.07) is 6.39. The maximum atomic E-state index is 12.7. The highest BCUT2D eigenvalue weighted by atomic mass is 19.4. The van der Waals surface area contributed by atoms with Gasteiger partial charge in [0.25, 0.3) is 0 Å². The minimum atomic E-state index is -4.39. The Balaban J connectivity index is 1.51. The van der Waals surface area contributed by atoms with Gasteiger partial charge in [0, 0.05) is 45.1 Å². The Kier molecular flexibility index (Phi) is 5.24. The van der Waals surface area contributed by atoms with Gasteiger partial charge in [0.05, 0.1) is 5.56 Å². The van der Waals surface area contributed by atoms with Crippen LogP contribution in [-0.4, -0.2) is 47.1 Å². The first-order valence-electron chi connectivity index (χ1n) is 8.14. The van der Waals surface area contributed by atoms with Crippen molar-refractivity contribution < 1.29 is 18.0 Å².